The average molecular weight is 288 g/mol. The Morgan fingerprint density at radius 1 is 1.14 bits per heavy atom. The van der Waals surface area contributed by atoms with Gasteiger partial charge in [0, 0.05) is 0 Å². The van der Waals surface area contributed by atoms with Crippen LogP contribution in [-0.4, -0.2) is 28.2 Å². The molecule has 0 heterocycles. The monoisotopic (exact) mass is 288 g/mol. The van der Waals surface area contributed by atoms with Gasteiger partial charge in [0.1, 0.15) is 6.10 Å². The maximum absolute atomic E-state index is 10.4. The minimum atomic E-state index is -0.801. The molecular weight excluding hydrogens is 268 g/mol. The molecule has 3 N–H and O–H groups in total. The molecule has 0 aliphatic rings. The van der Waals surface area contributed by atoms with Gasteiger partial charge >= 0.3 is 0 Å². The summed E-state index contributed by atoms with van der Waals surface area (Å²) in [7, 11) is 0. The van der Waals surface area contributed by atoms with Crippen molar-refractivity contribution in [2.75, 3.05) is 6.61 Å². The van der Waals surface area contributed by atoms with Crippen molar-refractivity contribution in [1.82, 2.24) is 0 Å². The van der Waals surface area contributed by atoms with E-state index in [2.05, 4.69) is 11.5 Å². The Kier molecular flexibility index (Phi) is 5.47. The first-order chi connectivity index (χ1) is 10.2. The lowest BCUT2D eigenvalue weighted by atomic mass is 9.95. The van der Waals surface area contributed by atoms with Gasteiger partial charge in [-0.25, -0.2) is 4.89 Å². The van der Waals surface area contributed by atoms with Gasteiger partial charge in [-0.15, -0.1) is 0 Å². The number of benzene rings is 2. The van der Waals surface area contributed by atoms with E-state index in [1.54, 1.807) is 0 Å². The SMILES string of the molecule is C=C(CCC(O)c1cccc2ccccc12)C(CO)OO. The summed E-state index contributed by atoms with van der Waals surface area (Å²) in [5.74, 6) is 0. The zero-order chi connectivity index (χ0) is 15.2. The molecule has 4 heteroatoms. The summed E-state index contributed by atoms with van der Waals surface area (Å²) in [6.45, 7) is 3.43. The Hall–Kier alpha value is -1.72. The van der Waals surface area contributed by atoms with E-state index in [4.69, 9.17) is 10.4 Å². The highest BCUT2D eigenvalue weighted by Gasteiger charge is 2.16. The van der Waals surface area contributed by atoms with Crippen LogP contribution in [0, 0.1) is 0 Å². The molecule has 0 saturated heterocycles. The summed E-state index contributed by atoms with van der Waals surface area (Å²) in [5.41, 5.74) is 1.42. The van der Waals surface area contributed by atoms with Crippen molar-refractivity contribution in [2.24, 2.45) is 0 Å². The molecule has 0 amide bonds. The second-order valence-corrected chi connectivity index (χ2v) is 5.06. The van der Waals surface area contributed by atoms with Crippen LogP contribution in [0.25, 0.3) is 10.8 Å². The molecule has 21 heavy (non-hydrogen) atoms. The lowest BCUT2D eigenvalue weighted by Gasteiger charge is -2.17. The van der Waals surface area contributed by atoms with Crippen LogP contribution in [0.1, 0.15) is 24.5 Å². The largest absolute Gasteiger partial charge is 0.393 e. The Morgan fingerprint density at radius 3 is 2.57 bits per heavy atom. The molecule has 112 valence electrons. The molecule has 0 spiro atoms. The first-order valence-electron chi connectivity index (χ1n) is 6.92. The van der Waals surface area contributed by atoms with Gasteiger partial charge in [-0.3, -0.25) is 5.26 Å². The zero-order valence-corrected chi connectivity index (χ0v) is 11.8. The van der Waals surface area contributed by atoms with Crippen LogP contribution in [0.4, 0.5) is 0 Å². The van der Waals surface area contributed by atoms with Crippen LogP contribution in [0.5, 0.6) is 0 Å². The van der Waals surface area contributed by atoms with E-state index in [-0.39, 0.29) is 6.61 Å². The van der Waals surface area contributed by atoms with Gasteiger partial charge in [0.15, 0.2) is 0 Å². The van der Waals surface area contributed by atoms with E-state index in [1.165, 1.54) is 0 Å². The molecule has 4 nitrogen and oxygen atoms in total. The molecule has 0 saturated carbocycles. The summed E-state index contributed by atoms with van der Waals surface area (Å²) in [4.78, 5) is 4.14. The summed E-state index contributed by atoms with van der Waals surface area (Å²) < 4.78 is 0. The first kappa shape index (κ1) is 15.7. The molecule has 0 aliphatic heterocycles. The molecular formula is C17H20O4. The van der Waals surface area contributed by atoms with Gasteiger partial charge in [-0.05, 0) is 34.8 Å². The van der Waals surface area contributed by atoms with Gasteiger partial charge in [0.05, 0.1) is 12.7 Å². The third-order valence-corrected chi connectivity index (χ3v) is 3.67. The van der Waals surface area contributed by atoms with Crippen LogP contribution in [0.15, 0.2) is 54.6 Å². The molecule has 2 aromatic carbocycles. The number of aliphatic hydroxyl groups is 2. The second-order valence-electron chi connectivity index (χ2n) is 5.06. The van der Waals surface area contributed by atoms with Gasteiger partial charge in [0.25, 0.3) is 0 Å². The summed E-state index contributed by atoms with van der Waals surface area (Å²) in [6.07, 6.45) is -0.529. The normalized spacial score (nSPS) is 14.0. The number of rotatable bonds is 7. The number of hydrogen-bond donors (Lipinski definition) is 3. The van der Waals surface area contributed by atoms with Crippen LogP contribution >= 0.6 is 0 Å². The Balaban J connectivity index is 2.09. The van der Waals surface area contributed by atoms with Crippen LogP contribution in [-0.2, 0) is 4.89 Å². The summed E-state index contributed by atoms with van der Waals surface area (Å²) in [6, 6.07) is 13.7. The quantitative estimate of drug-likeness (QED) is 0.416. The van der Waals surface area contributed by atoms with Crippen molar-refractivity contribution in [3.8, 4) is 0 Å². The molecule has 0 aliphatic carbocycles. The molecule has 2 unspecified atom stereocenters. The van der Waals surface area contributed by atoms with E-state index in [9.17, 15) is 5.11 Å². The topological polar surface area (TPSA) is 69.9 Å². The van der Waals surface area contributed by atoms with E-state index in [0.29, 0.717) is 18.4 Å². The van der Waals surface area contributed by atoms with E-state index < -0.39 is 12.2 Å². The molecule has 2 rings (SSSR count). The maximum Gasteiger partial charge on any atom is 0.136 e. The highest BCUT2D eigenvalue weighted by Crippen LogP contribution is 2.28. The lowest BCUT2D eigenvalue weighted by Crippen LogP contribution is -2.18. The van der Waals surface area contributed by atoms with E-state index in [1.807, 2.05) is 42.5 Å². The lowest BCUT2D eigenvalue weighted by molar-refractivity contribution is -0.274. The Bertz CT molecular complexity index is 599. The van der Waals surface area contributed by atoms with E-state index >= 15 is 0 Å². The predicted octanol–water partition coefficient (Wildman–Crippen LogP) is 3.06. The highest BCUT2D eigenvalue weighted by molar-refractivity contribution is 5.85. The van der Waals surface area contributed by atoms with Crippen molar-refractivity contribution in [1.29, 1.82) is 0 Å². The fourth-order valence-corrected chi connectivity index (χ4v) is 2.42. The molecule has 0 aromatic heterocycles. The average Bonchev–Trinajstić information content (AvgIpc) is 2.53. The second kappa shape index (κ2) is 7.33. The fourth-order valence-electron chi connectivity index (χ4n) is 2.42. The molecule has 0 radical (unpaired) electrons. The predicted molar refractivity (Wildman–Crippen MR) is 81.9 cm³/mol. The fraction of sp³-hybridized carbons (Fsp3) is 0.294. The minimum absolute atomic E-state index is 0.334. The zero-order valence-electron chi connectivity index (χ0n) is 11.8. The molecule has 2 atom stereocenters. The Morgan fingerprint density at radius 2 is 1.86 bits per heavy atom. The standard InChI is InChI=1S/C17H20O4/c1-12(17(11-18)21-20)9-10-16(19)15-8-4-6-13-5-2-3-7-14(13)15/h2-8,16-20H,1,9-11H2. The molecule has 0 fully saturated rings. The maximum atomic E-state index is 10.4. The third-order valence-electron chi connectivity index (χ3n) is 3.67. The van der Waals surface area contributed by atoms with Gasteiger partial charge < -0.3 is 10.2 Å². The van der Waals surface area contributed by atoms with Gasteiger partial charge in [-0.1, -0.05) is 49.0 Å². The minimum Gasteiger partial charge on any atom is -0.393 e. The van der Waals surface area contributed by atoms with Crippen LogP contribution < -0.4 is 0 Å². The van der Waals surface area contributed by atoms with Gasteiger partial charge in [0.2, 0.25) is 0 Å². The summed E-state index contributed by atoms with van der Waals surface area (Å²) in [5, 5.41) is 30.1. The van der Waals surface area contributed by atoms with Crippen molar-refractivity contribution in [2.45, 2.75) is 25.0 Å². The van der Waals surface area contributed by atoms with Gasteiger partial charge in [-0.2, -0.15) is 0 Å². The number of hydrogen-bond acceptors (Lipinski definition) is 4. The smallest absolute Gasteiger partial charge is 0.136 e. The molecule has 2 aromatic rings. The first-order valence-corrected chi connectivity index (χ1v) is 6.92. The van der Waals surface area contributed by atoms with Crippen LogP contribution in [0.3, 0.4) is 0 Å². The number of aliphatic hydroxyl groups excluding tert-OH is 2. The molecule has 0 bridgehead atoms. The van der Waals surface area contributed by atoms with E-state index in [0.717, 1.165) is 16.3 Å². The van der Waals surface area contributed by atoms with Crippen molar-refractivity contribution < 1.29 is 20.4 Å². The highest BCUT2D eigenvalue weighted by atomic mass is 17.1. The third kappa shape index (κ3) is 3.68. The van der Waals surface area contributed by atoms with Crippen molar-refractivity contribution in [3.63, 3.8) is 0 Å². The Labute approximate surface area is 123 Å². The van der Waals surface area contributed by atoms with Crippen molar-refractivity contribution >= 4 is 10.8 Å². The van der Waals surface area contributed by atoms with Crippen molar-refractivity contribution in [3.05, 3.63) is 60.2 Å². The number of fused-ring (bicyclic) bond motifs is 1. The van der Waals surface area contributed by atoms with Crippen LogP contribution in [0.2, 0.25) is 0 Å². The summed E-state index contributed by atoms with van der Waals surface area (Å²) >= 11 is 0.